The average molecular weight is 495 g/mol. The summed E-state index contributed by atoms with van der Waals surface area (Å²) in [5.41, 5.74) is 1.71. The molecule has 2 aromatic heterocycles. The Morgan fingerprint density at radius 3 is 2.54 bits per heavy atom. The van der Waals surface area contributed by atoms with Crippen molar-refractivity contribution >= 4 is 43.9 Å². The first-order valence-corrected chi connectivity index (χ1v) is 12.9. The number of fused-ring (bicyclic) bond motifs is 3. The van der Waals surface area contributed by atoms with Crippen molar-refractivity contribution in [3.63, 3.8) is 0 Å². The third-order valence-electron chi connectivity index (χ3n) is 6.18. The van der Waals surface area contributed by atoms with Crippen molar-refractivity contribution < 1.29 is 17.9 Å². The summed E-state index contributed by atoms with van der Waals surface area (Å²) in [6, 6.07) is 14.0. The van der Waals surface area contributed by atoms with E-state index in [4.69, 9.17) is 4.74 Å². The van der Waals surface area contributed by atoms with E-state index in [2.05, 4.69) is 20.5 Å². The minimum atomic E-state index is -3.59. The highest BCUT2D eigenvalue weighted by atomic mass is 32.2. The van der Waals surface area contributed by atoms with Gasteiger partial charge in [-0.2, -0.15) is 9.29 Å². The first-order valence-electron chi connectivity index (χ1n) is 11.5. The lowest BCUT2D eigenvalue weighted by atomic mass is 10.2. The number of carbonyl (C=O) groups excluding carboxylic acids is 1. The molecule has 10 nitrogen and oxygen atoms in total. The Morgan fingerprint density at radius 1 is 1.06 bits per heavy atom. The molecule has 2 aromatic carbocycles. The van der Waals surface area contributed by atoms with Gasteiger partial charge >= 0.3 is 0 Å². The van der Waals surface area contributed by atoms with Crippen molar-refractivity contribution in [2.45, 2.75) is 37.2 Å². The first-order chi connectivity index (χ1) is 16.8. The van der Waals surface area contributed by atoms with Crippen LogP contribution in [-0.2, 0) is 21.9 Å². The molecule has 0 saturated carbocycles. The molecule has 11 heteroatoms. The van der Waals surface area contributed by atoms with Crippen molar-refractivity contribution in [2.24, 2.45) is 7.05 Å². The van der Waals surface area contributed by atoms with E-state index >= 15 is 0 Å². The van der Waals surface area contributed by atoms with Crippen LogP contribution in [0.4, 0.5) is 5.95 Å². The molecule has 3 heterocycles. The number of para-hydroxylation sites is 1. The molecule has 182 valence electrons. The third-order valence-corrected chi connectivity index (χ3v) is 8.08. The van der Waals surface area contributed by atoms with E-state index in [1.165, 1.54) is 0 Å². The summed E-state index contributed by atoms with van der Waals surface area (Å²) < 4.78 is 35.3. The molecule has 1 amide bonds. The van der Waals surface area contributed by atoms with Gasteiger partial charge in [-0.1, -0.05) is 24.6 Å². The van der Waals surface area contributed by atoms with Gasteiger partial charge in [-0.3, -0.25) is 10.1 Å². The molecule has 0 bridgehead atoms. The number of anilines is 1. The van der Waals surface area contributed by atoms with Crippen molar-refractivity contribution in [1.82, 2.24) is 24.1 Å². The lowest BCUT2D eigenvalue weighted by Crippen LogP contribution is -2.35. The van der Waals surface area contributed by atoms with Gasteiger partial charge in [-0.25, -0.2) is 8.42 Å². The Bertz CT molecular complexity index is 1500. The molecule has 4 aromatic rings. The number of aryl methyl sites for hydroxylation is 1. The molecule has 1 aliphatic rings. The summed E-state index contributed by atoms with van der Waals surface area (Å²) in [5.74, 6) is 0.204. The second-order valence-corrected chi connectivity index (χ2v) is 10.5. The number of amides is 1. The highest BCUT2D eigenvalue weighted by Crippen LogP contribution is 2.29. The Labute approximate surface area is 203 Å². The highest BCUT2D eigenvalue weighted by molar-refractivity contribution is 7.89. The summed E-state index contributed by atoms with van der Waals surface area (Å²) >= 11 is 0. The molecule has 0 spiro atoms. The minimum absolute atomic E-state index is 0.0399. The zero-order valence-electron chi connectivity index (χ0n) is 19.5. The Balaban J connectivity index is 1.42. The monoisotopic (exact) mass is 494 g/mol. The van der Waals surface area contributed by atoms with Crippen LogP contribution in [0.3, 0.4) is 0 Å². The van der Waals surface area contributed by atoms with Crippen molar-refractivity contribution in [2.75, 3.05) is 18.4 Å². The molecular formula is C24H26N6O4S. The number of hydrogen-bond acceptors (Lipinski definition) is 7. The van der Waals surface area contributed by atoms with Crippen LogP contribution in [0.25, 0.3) is 22.1 Å². The normalized spacial score (nSPS) is 15.8. The van der Waals surface area contributed by atoms with Gasteiger partial charge in [-0.05, 0) is 50.1 Å². The molecule has 0 radical (unpaired) electrons. The van der Waals surface area contributed by atoms with E-state index in [0.717, 1.165) is 24.8 Å². The molecule has 1 saturated heterocycles. The smallest absolute Gasteiger partial charge is 0.267 e. The molecule has 0 aliphatic carbocycles. The van der Waals surface area contributed by atoms with Crippen LogP contribution in [-0.4, -0.2) is 57.6 Å². The van der Waals surface area contributed by atoms with Crippen LogP contribution in [0.2, 0.25) is 0 Å². The summed E-state index contributed by atoms with van der Waals surface area (Å²) in [6.07, 6.45) is 2.02. The lowest BCUT2D eigenvalue weighted by molar-refractivity contribution is -0.122. The van der Waals surface area contributed by atoms with Crippen molar-refractivity contribution in [3.05, 3.63) is 48.5 Å². The third kappa shape index (κ3) is 4.44. The summed E-state index contributed by atoms with van der Waals surface area (Å²) in [5, 5.41) is 11.6. The lowest BCUT2D eigenvalue weighted by Gasteiger charge is -2.25. The van der Waals surface area contributed by atoms with Gasteiger partial charge in [-0.15, -0.1) is 10.2 Å². The maximum atomic E-state index is 13.2. The van der Waals surface area contributed by atoms with E-state index in [-0.39, 0.29) is 10.8 Å². The maximum Gasteiger partial charge on any atom is 0.267 e. The fourth-order valence-corrected chi connectivity index (χ4v) is 5.82. The zero-order chi connectivity index (χ0) is 24.6. The molecule has 1 atom stereocenters. The second kappa shape index (κ2) is 9.23. The SMILES string of the molecule is CC(Oc1ccccc1)C(=O)Nc1nnc2c3cc(S(=O)(=O)N4CCCCC4)ccc3n(C)c2n1. The molecular weight excluding hydrogens is 468 g/mol. The van der Waals surface area contributed by atoms with E-state index < -0.39 is 22.0 Å². The van der Waals surface area contributed by atoms with Crippen LogP contribution < -0.4 is 10.1 Å². The molecule has 1 aliphatic heterocycles. The van der Waals surface area contributed by atoms with Gasteiger partial charge in [0.25, 0.3) is 11.9 Å². The number of hydrogen-bond donors (Lipinski definition) is 1. The van der Waals surface area contributed by atoms with E-state index in [1.807, 2.05) is 25.2 Å². The van der Waals surface area contributed by atoms with Gasteiger partial charge in [0.05, 0.1) is 10.4 Å². The Kier molecular flexibility index (Phi) is 6.12. The first kappa shape index (κ1) is 23.2. The van der Waals surface area contributed by atoms with Crippen molar-refractivity contribution in [3.8, 4) is 5.75 Å². The van der Waals surface area contributed by atoms with E-state index in [0.29, 0.717) is 35.4 Å². The molecule has 1 fully saturated rings. The van der Waals surface area contributed by atoms with E-state index in [1.54, 1.807) is 46.1 Å². The van der Waals surface area contributed by atoms with Crippen molar-refractivity contribution in [1.29, 1.82) is 0 Å². The van der Waals surface area contributed by atoms with Crippen LogP contribution in [0.5, 0.6) is 5.75 Å². The Morgan fingerprint density at radius 2 is 1.80 bits per heavy atom. The number of carbonyl (C=O) groups is 1. The highest BCUT2D eigenvalue weighted by Gasteiger charge is 2.27. The molecule has 5 rings (SSSR count). The van der Waals surface area contributed by atoms with Crippen LogP contribution in [0, 0.1) is 0 Å². The summed E-state index contributed by atoms with van der Waals surface area (Å²) in [4.78, 5) is 17.3. The Hall–Kier alpha value is -3.57. The molecule has 1 unspecified atom stereocenters. The van der Waals surface area contributed by atoms with Crippen LogP contribution in [0.15, 0.2) is 53.4 Å². The van der Waals surface area contributed by atoms with E-state index in [9.17, 15) is 13.2 Å². The largest absolute Gasteiger partial charge is 0.481 e. The maximum absolute atomic E-state index is 13.2. The number of rotatable bonds is 6. The number of aromatic nitrogens is 4. The standard InChI is InChI=1S/C24H26N6O4S/c1-16(34-17-9-5-3-6-10-17)23(31)26-24-25-22-21(27-28-24)19-15-18(11-12-20(19)29(22)2)35(32,33)30-13-7-4-8-14-30/h3,5-6,9-12,15-16H,4,7-8,13-14H2,1-2H3,(H,25,26,28,31). The minimum Gasteiger partial charge on any atom is -0.481 e. The fourth-order valence-electron chi connectivity index (χ4n) is 4.27. The number of piperidine rings is 1. The fraction of sp³-hybridized carbons (Fsp3) is 0.333. The second-order valence-electron chi connectivity index (χ2n) is 8.57. The molecule has 35 heavy (non-hydrogen) atoms. The van der Waals surface area contributed by atoms with Crippen LogP contribution in [0.1, 0.15) is 26.2 Å². The average Bonchev–Trinajstić information content (AvgIpc) is 3.16. The number of benzene rings is 2. The molecule has 1 N–H and O–H groups in total. The predicted octanol–water partition coefficient (Wildman–Crippen LogP) is 3.10. The topological polar surface area (TPSA) is 119 Å². The summed E-state index contributed by atoms with van der Waals surface area (Å²) in [7, 11) is -1.78. The number of nitrogens with zero attached hydrogens (tertiary/aromatic N) is 5. The van der Waals surface area contributed by atoms with Gasteiger partial charge in [0.2, 0.25) is 10.0 Å². The van der Waals surface area contributed by atoms with Crippen LogP contribution >= 0.6 is 0 Å². The zero-order valence-corrected chi connectivity index (χ0v) is 20.3. The number of ether oxygens (including phenoxy) is 1. The quantitative estimate of drug-likeness (QED) is 0.437. The van der Waals surface area contributed by atoms with Gasteiger partial charge in [0, 0.05) is 25.5 Å². The summed E-state index contributed by atoms with van der Waals surface area (Å²) in [6.45, 7) is 2.70. The van der Waals surface area contributed by atoms with Gasteiger partial charge < -0.3 is 9.30 Å². The number of sulfonamides is 1. The predicted molar refractivity (Wildman–Crippen MR) is 132 cm³/mol. The van der Waals surface area contributed by atoms with Gasteiger partial charge in [0.1, 0.15) is 11.3 Å². The van der Waals surface area contributed by atoms with Gasteiger partial charge in [0.15, 0.2) is 11.8 Å². The number of nitrogens with one attached hydrogen (secondary N) is 1.